The van der Waals surface area contributed by atoms with Gasteiger partial charge in [0.15, 0.2) is 0 Å². The third-order valence-electron chi connectivity index (χ3n) is 2.40. The van der Waals surface area contributed by atoms with Crippen molar-refractivity contribution in [3.05, 3.63) is 0 Å². The van der Waals surface area contributed by atoms with E-state index in [4.69, 9.17) is 0 Å². The Morgan fingerprint density at radius 3 is 2.25 bits per heavy atom. The normalized spacial score (nSPS) is 22.2. The van der Waals surface area contributed by atoms with Crippen LogP contribution in [0.1, 0.15) is 6.42 Å². The van der Waals surface area contributed by atoms with Crippen LogP contribution in [0.2, 0.25) is 0 Å². The summed E-state index contributed by atoms with van der Waals surface area (Å²) in [4.78, 5) is 11.6. The van der Waals surface area contributed by atoms with Crippen molar-refractivity contribution in [2.24, 2.45) is 0 Å². The fourth-order valence-electron chi connectivity index (χ4n) is 1.34. The van der Waals surface area contributed by atoms with E-state index in [9.17, 15) is 26.7 Å². The van der Waals surface area contributed by atoms with Crippen molar-refractivity contribution in [2.45, 2.75) is 24.6 Å². The zero-order valence-corrected chi connectivity index (χ0v) is 9.17. The van der Waals surface area contributed by atoms with Crippen molar-refractivity contribution >= 4 is 17.7 Å². The topological polar surface area (TPSA) is 20.3 Å². The van der Waals surface area contributed by atoms with Crippen molar-refractivity contribution in [3.8, 4) is 0 Å². The highest BCUT2D eigenvalue weighted by atomic mass is 32.2. The summed E-state index contributed by atoms with van der Waals surface area (Å²) < 4.78 is 61.2. The van der Waals surface area contributed by atoms with Crippen LogP contribution in [0.4, 0.5) is 22.0 Å². The number of nitrogens with zero attached hydrogens (tertiary/aromatic N) is 1. The Morgan fingerprint density at radius 2 is 1.88 bits per heavy atom. The lowest BCUT2D eigenvalue weighted by Crippen LogP contribution is -2.53. The van der Waals surface area contributed by atoms with Crippen molar-refractivity contribution in [3.63, 3.8) is 0 Å². The van der Waals surface area contributed by atoms with Crippen LogP contribution in [0.15, 0.2) is 0 Å². The van der Waals surface area contributed by atoms with E-state index in [0.717, 1.165) is 7.05 Å². The molecule has 0 spiro atoms. The van der Waals surface area contributed by atoms with Crippen LogP contribution in [0.3, 0.4) is 0 Å². The highest BCUT2D eigenvalue weighted by molar-refractivity contribution is 7.99. The molecule has 16 heavy (non-hydrogen) atoms. The molecule has 1 heterocycles. The minimum Gasteiger partial charge on any atom is -0.336 e. The molecule has 1 atom stereocenters. The van der Waals surface area contributed by atoms with Gasteiger partial charge in [0.2, 0.25) is 0 Å². The predicted molar refractivity (Wildman–Crippen MR) is 49.5 cm³/mol. The third-order valence-corrected chi connectivity index (χ3v) is 3.54. The monoisotopic (exact) mass is 263 g/mol. The van der Waals surface area contributed by atoms with Gasteiger partial charge in [-0.1, -0.05) is 0 Å². The van der Waals surface area contributed by atoms with Crippen LogP contribution in [0.25, 0.3) is 0 Å². The maximum atomic E-state index is 12.7. The van der Waals surface area contributed by atoms with Gasteiger partial charge in [-0.3, -0.25) is 4.79 Å². The lowest BCUT2D eigenvalue weighted by Gasteiger charge is -2.28. The second kappa shape index (κ2) is 4.38. The number of hydrogen-bond donors (Lipinski definition) is 0. The van der Waals surface area contributed by atoms with Crippen molar-refractivity contribution in [1.29, 1.82) is 0 Å². The lowest BCUT2D eigenvalue weighted by molar-refractivity contribution is -0.274. The van der Waals surface area contributed by atoms with Crippen molar-refractivity contribution in [2.75, 3.05) is 18.6 Å². The molecule has 0 saturated carbocycles. The third kappa shape index (κ3) is 2.41. The fourth-order valence-corrected chi connectivity index (χ4v) is 2.60. The second-order valence-corrected chi connectivity index (χ2v) is 4.66. The van der Waals surface area contributed by atoms with Gasteiger partial charge in [-0.25, -0.2) is 0 Å². The average Bonchev–Trinajstić information content (AvgIpc) is 2.66. The van der Waals surface area contributed by atoms with Gasteiger partial charge in [0, 0.05) is 18.8 Å². The van der Waals surface area contributed by atoms with Gasteiger partial charge in [0.05, 0.1) is 0 Å². The number of thioether (sulfide) groups is 1. The minimum atomic E-state index is -5.83. The number of carbonyl (C=O) groups excluding carboxylic acids is 1. The Bertz CT molecular complexity index is 274. The zero-order valence-electron chi connectivity index (χ0n) is 8.35. The maximum Gasteiger partial charge on any atom is 0.463 e. The first-order chi connectivity index (χ1) is 7.18. The predicted octanol–water partition coefficient (Wildman–Crippen LogP) is 2.15. The summed E-state index contributed by atoms with van der Waals surface area (Å²) in [5.41, 5.74) is 0. The molecule has 0 bridgehead atoms. The summed E-state index contributed by atoms with van der Waals surface area (Å²) >= 11 is 1.43. The van der Waals surface area contributed by atoms with Crippen LogP contribution in [-0.2, 0) is 4.79 Å². The molecule has 0 radical (unpaired) electrons. The fraction of sp³-hybridized carbons (Fsp3) is 0.875. The number of hydrogen-bond acceptors (Lipinski definition) is 2. The summed E-state index contributed by atoms with van der Waals surface area (Å²) in [5, 5.41) is 0. The van der Waals surface area contributed by atoms with Crippen LogP contribution < -0.4 is 0 Å². The summed E-state index contributed by atoms with van der Waals surface area (Å²) in [7, 11) is 0.985. The maximum absolute atomic E-state index is 12.7. The van der Waals surface area contributed by atoms with Gasteiger partial charge in [-0.05, 0) is 12.2 Å². The number of amides is 1. The average molecular weight is 263 g/mol. The molecule has 0 aromatic heterocycles. The zero-order chi connectivity index (χ0) is 12.6. The first-order valence-electron chi connectivity index (χ1n) is 4.47. The molecule has 0 aromatic rings. The standard InChI is InChI=1S/C8H10F5NOS/c1-14(5-2-3-16-4-5)6(15)7(9,10)8(11,12)13/h5H,2-4H2,1H3. The van der Waals surface area contributed by atoms with Crippen LogP contribution in [0.5, 0.6) is 0 Å². The molecule has 1 aliphatic heterocycles. The highest BCUT2D eigenvalue weighted by Gasteiger charge is 2.64. The van der Waals surface area contributed by atoms with Gasteiger partial charge in [0.1, 0.15) is 0 Å². The molecular weight excluding hydrogens is 253 g/mol. The van der Waals surface area contributed by atoms with Crippen LogP contribution in [0, 0.1) is 0 Å². The first kappa shape index (κ1) is 13.5. The number of rotatable bonds is 2. The Hall–Kier alpha value is -0.530. The molecule has 1 rings (SSSR count). The number of alkyl halides is 5. The van der Waals surface area contributed by atoms with E-state index in [1.54, 1.807) is 0 Å². The molecule has 1 amide bonds. The molecule has 1 saturated heterocycles. The Morgan fingerprint density at radius 1 is 1.31 bits per heavy atom. The first-order valence-corrected chi connectivity index (χ1v) is 5.63. The van der Waals surface area contributed by atoms with Gasteiger partial charge in [-0.2, -0.15) is 33.7 Å². The number of carbonyl (C=O) groups is 1. The van der Waals surface area contributed by atoms with Crippen LogP contribution >= 0.6 is 11.8 Å². The molecule has 2 nitrogen and oxygen atoms in total. The highest BCUT2D eigenvalue weighted by Crippen LogP contribution is 2.37. The smallest absolute Gasteiger partial charge is 0.336 e. The SMILES string of the molecule is CN(C(=O)C(F)(F)C(F)(F)F)C1CCSC1. The largest absolute Gasteiger partial charge is 0.463 e. The van der Waals surface area contributed by atoms with E-state index in [1.807, 2.05) is 0 Å². The van der Waals surface area contributed by atoms with Gasteiger partial charge in [-0.15, -0.1) is 0 Å². The molecule has 94 valence electrons. The van der Waals surface area contributed by atoms with Gasteiger partial charge < -0.3 is 4.90 Å². The quantitative estimate of drug-likeness (QED) is 0.711. The van der Waals surface area contributed by atoms with Crippen LogP contribution in [-0.4, -0.2) is 47.5 Å². The van der Waals surface area contributed by atoms with Gasteiger partial charge >= 0.3 is 18.0 Å². The Labute approximate surface area is 93.2 Å². The molecule has 0 aromatic carbocycles. The molecule has 1 unspecified atom stereocenters. The summed E-state index contributed by atoms with van der Waals surface area (Å²) in [6.45, 7) is 0. The summed E-state index contributed by atoms with van der Waals surface area (Å²) in [6.07, 6.45) is -5.38. The number of halogens is 5. The van der Waals surface area contributed by atoms with Crippen molar-refractivity contribution in [1.82, 2.24) is 4.90 Å². The molecule has 8 heteroatoms. The van der Waals surface area contributed by atoms with Gasteiger partial charge in [0.25, 0.3) is 0 Å². The molecule has 1 aliphatic rings. The Kier molecular flexibility index (Phi) is 3.71. The molecular formula is C8H10F5NOS. The second-order valence-electron chi connectivity index (χ2n) is 3.51. The van der Waals surface area contributed by atoms with Crippen molar-refractivity contribution < 1.29 is 26.7 Å². The van der Waals surface area contributed by atoms with E-state index in [1.165, 1.54) is 11.8 Å². The van der Waals surface area contributed by atoms with E-state index in [0.29, 0.717) is 22.8 Å². The summed E-state index contributed by atoms with van der Waals surface area (Å²) in [5.74, 6) is -6.40. The van der Waals surface area contributed by atoms with E-state index in [-0.39, 0.29) is 0 Å². The lowest BCUT2D eigenvalue weighted by atomic mass is 10.2. The van der Waals surface area contributed by atoms with E-state index in [2.05, 4.69) is 0 Å². The minimum absolute atomic E-state index is 0.399. The molecule has 1 fully saturated rings. The molecule has 0 N–H and O–H groups in total. The van der Waals surface area contributed by atoms with E-state index < -0.39 is 24.0 Å². The Balaban J connectivity index is 2.76. The molecule has 0 aliphatic carbocycles. The summed E-state index contributed by atoms with van der Waals surface area (Å²) in [6, 6.07) is -0.536. The van der Waals surface area contributed by atoms with E-state index >= 15 is 0 Å².